The molecule has 170 valence electrons. The molecule has 1 aromatic heterocycles. The molecule has 1 aliphatic heterocycles. The lowest BCUT2D eigenvalue weighted by Crippen LogP contribution is -2.37. The molecule has 2 heterocycles. The van der Waals surface area contributed by atoms with Gasteiger partial charge in [0.1, 0.15) is 11.6 Å². The van der Waals surface area contributed by atoms with Gasteiger partial charge in [0.15, 0.2) is 10.9 Å². The van der Waals surface area contributed by atoms with Gasteiger partial charge in [0, 0.05) is 35.6 Å². The average molecular weight is 455 g/mol. The largest absolute Gasteiger partial charge is 0.496 e. The number of allylic oxidation sites excluding steroid dienone is 2. The van der Waals surface area contributed by atoms with Crippen LogP contribution in [0, 0.1) is 5.41 Å². The number of methoxy groups -OCH3 is 1. The highest BCUT2D eigenvalue weighted by Gasteiger charge is 2.43. The van der Waals surface area contributed by atoms with E-state index in [0.717, 1.165) is 30.0 Å². The Labute approximate surface area is 192 Å². The van der Waals surface area contributed by atoms with Crippen LogP contribution < -0.4 is 15.6 Å². The van der Waals surface area contributed by atoms with Gasteiger partial charge in [-0.2, -0.15) is 0 Å². The van der Waals surface area contributed by atoms with E-state index < -0.39 is 5.92 Å². The highest BCUT2D eigenvalue weighted by Crippen LogP contribution is 2.49. The van der Waals surface area contributed by atoms with Gasteiger partial charge < -0.3 is 19.9 Å². The minimum absolute atomic E-state index is 0.0640. The molecule has 1 unspecified atom stereocenters. The first kappa shape index (κ1) is 22.6. The molecule has 1 atom stereocenters. The summed E-state index contributed by atoms with van der Waals surface area (Å²) in [7, 11) is 5.63. The number of thioether (sulfide) groups is 1. The number of hydrogen-bond acceptors (Lipinski definition) is 7. The summed E-state index contributed by atoms with van der Waals surface area (Å²) < 4.78 is 5.61. The van der Waals surface area contributed by atoms with Crippen molar-refractivity contribution in [3.8, 4) is 5.75 Å². The fraction of sp³-hybridized carbons (Fsp3) is 0.458. The third-order valence-corrected chi connectivity index (χ3v) is 6.78. The molecule has 0 spiro atoms. The topological polar surface area (TPSA) is 87.3 Å². The molecule has 0 amide bonds. The second-order valence-electron chi connectivity index (χ2n) is 9.42. The number of nitrogens with zero attached hydrogens (tertiary/aromatic N) is 2. The van der Waals surface area contributed by atoms with E-state index in [0.29, 0.717) is 34.3 Å². The van der Waals surface area contributed by atoms with Gasteiger partial charge in [-0.25, -0.2) is 4.98 Å². The van der Waals surface area contributed by atoms with Crippen LogP contribution >= 0.6 is 11.8 Å². The van der Waals surface area contributed by atoms with Crippen LogP contribution in [0.5, 0.6) is 5.75 Å². The highest BCUT2D eigenvalue weighted by atomic mass is 32.2. The van der Waals surface area contributed by atoms with Gasteiger partial charge in [0.05, 0.1) is 18.6 Å². The van der Waals surface area contributed by atoms with Crippen molar-refractivity contribution in [1.82, 2.24) is 14.9 Å². The number of carbonyl (C=O) groups is 1. The number of nitrogens with one attached hydrogen (secondary N) is 2. The fourth-order valence-electron chi connectivity index (χ4n) is 4.50. The number of aromatic amines is 1. The molecule has 7 nitrogen and oxygen atoms in total. The summed E-state index contributed by atoms with van der Waals surface area (Å²) in [6.07, 6.45) is 1.16. The van der Waals surface area contributed by atoms with Crippen LogP contribution in [-0.2, 0) is 4.79 Å². The van der Waals surface area contributed by atoms with E-state index in [9.17, 15) is 9.59 Å². The lowest BCUT2D eigenvalue weighted by Gasteiger charge is -2.38. The van der Waals surface area contributed by atoms with E-state index >= 15 is 0 Å². The summed E-state index contributed by atoms with van der Waals surface area (Å²) in [5.74, 6) is 1.54. The minimum atomic E-state index is -0.516. The molecular weight excluding hydrogens is 424 g/mol. The second kappa shape index (κ2) is 8.75. The van der Waals surface area contributed by atoms with Crippen LogP contribution in [0.25, 0.3) is 0 Å². The van der Waals surface area contributed by atoms with Crippen molar-refractivity contribution < 1.29 is 9.53 Å². The summed E-state index contributed by atoms with van der Waals surface area (Å²) >= 11 is 1.51. The van der Waals surface area contributed by atoms with Gasteiger partial charge >= 0.3 is 0 Å². The van der Waals surface area contributed by atoms with Crippen LogP contribution in [-0.4, -0.2) is 54.2 Å². The molecule has 1 aromatic carbocycles. The molecule has 2 N–H and O–H groups in total. The standard InChI is InChI=1S/C24H30N4O3S/c1-24(2)12-15-19(16(29)13-24)18(14-8-6-7-9-17(14)31-5)20-21(25-15)26-23(27-22(20)30)32-11-10-28(3)4/h6-9,18H,10-13H2,1-5H3,(H2,25,26,27,30). The number of carbonyl (C=O) groups excluding carboxylic acids is 1. The van der Waals surface area contributed by atoms with Crippen molar-refractivity contribution in [1.29, 1.82) is 0 Å². The summed E-state index contributed by atoms with van der Waals surface area (Å²) in [6, 6.07) is 7.58. The summed E-state index contributed by atoms with van der Waals surface area (Å²) in [5.41, 5.74) is 2.40. The molecule has 2 aliphatic rings. The van der Waals surface area contributed by atoms with Crippen LogP contribution in [0.4, 0.5) is 5.82 Å². The zero-order valence-corrected chi connectivity index (χ0v) is 20.1. The number of ether oxygens (including phenoxy) is 1. The Morgan fingerprint density at radius 2 is 1.97 bits per heavy atom. The number of Topliss-reactive ketones (excluding diaryl/α,β-unsaturated/α-hetero) is 1. The first-order chi connectivity index (χ1) is 15.2. The smallest absolute Gasteiger partial charge is 0.257 e. The molecule has 0 saturated heterocycles. The molecule has 0 radical (unpaired) electrons. The Bertz CT molecular complexity index is 1140. The normalized spacial score (nSPS) is 19.4. The van der Waals surface area contributed by atoms with Gasteiger partial charge in [-0.3, -0.25) is 9.59 Å². The number of anilines is 1. The number of benzene rings is 1. The van der Waals surface area contributed by atoms with E-state index in [1.54, 1.807) is 7.11 Å². The van der Waals surface area contributed by atoms with E-state index in [2.05, 4.69) is 29.0 Å². The molecule has 1 aliphatic carbocycles. The van der Waals surface area contributed by atoms with Crippen LogP contribution in [0.2, 0.25) is 0 Å². The van der Waals surface area contributed by atoms with Crippen molar-refractivity contribution in [2.24, 2.45) is 5.41 Å². The molecule has 32 heavy (non-hydrogen) atoms. The number of para-hydroxylation sites is 1. The Kier molecular flexibility index (Phi) is 6.18. The van der Waals surface area contributed by atoms with Crippen LogP contribution in [0.1, 0.15) is 43.7 Å². The van der Waals surface area contributed by atoms with Gasteiger partial charge in [-0.15, -0.1) is 0 Å². The Morgan fingerprint density at radius 3 is 2.69 bits per heavy atom. The maximum Gasteiger partial charge on any atom is 0.257 e. The maximum absolute atomic E-state index is 13.3. The van der Waals surface area contributed by atoms with Crippen LogP contribution in [0.15, 0.2) is 45.5 Å². The molecule has 8 heteroatoms. The predicted octanol–water partition coefficient (Wildman–Crippen LogP) is 3.63. The van der Waals surface area contributed by atoms with E-state index in [4.69, 9.17) is 9.72 Å². The van der Waals surface area contributed by atoms with Gasteiger partial charge in [-0.05, 0) is 32.0 Å². The minimum Gasteiger partial charge on any atom is -0.496 e. The van der Waals surface area contributed by atoms with Gasteiger partial charge in [0.2, 0.25) is 0 Å². The molecule has 0 bridgehead atoms. The monoisotopic (exact) mass is 454 g/mol. The lowest BCUT2D eigenvalue weighted by atomic mass is 9.69. The van der Waals surface area contributed by atoms with E-state index in [1.807, 2.05) is 38.4 Å². The Balaban J connectivity index is 1.86. The molecule has 0 fully saturated rings. The van der Waals surface area contributed by atoms with Crippen LogP contribution in [0.3, 0.4) is 0 Å². The molecule has 2 aromatic rings. The second-order valence-corrected chi connectivity index (χ2v) is 10.5. The van der Waals surface area contributed by atoms with Crippen molar-refractivity contribution in [2.45, 2.75) is 37.8 Å². The number of hydrogen-bond donors (Lipinski definition) is 2. The predicted molar refractivity (Wildman–Crippen MR) is 128 cm³/mol. The summed E-state index contributed by atoms with van der Waals surface area (Å²) in [6.45, 7) is 5.07. The van der Waals surface area contributed by atoms with Crippen molar-refractivity contribution in [3.63, 3.8) is 0 Å². The maximum atomic E-state index is 13.3. The number of fused-ring (bicyclic) bond motifs is 1. The van der Waals surface area contributed by atoms with Crippen molar-refractivity contribution >= 4 is 23.4 Å². The first-order valence-corrected chi connectivity index (χ1v) is 11.8. The zero-order chi connectivity index (χ0) is 23.0. The SMILES string of the molecule is COc1ccccc1C1C2=C(CC(C)(C)CC2=O)Nc2nc(SCCN(C)C)[nH]c(=O)c21. The molecule has 4 rings (SSSR count). The third-order valence-electron chi connectivity index (χ3n) is 5.93. The summed E-state index contributed by atoms with van der Waals surface area (Å²) in [5, 5.41) is 3.94. The van der Waals surface area contributed by atoms with Gasteiger partial charge in [-0.1, -0.05) is 43.8 Å². The van der Waals surface area contributed by atoms with E-state index in [-0.39, 0.29) is 16.8 Å². The van der Waals surface area contributed by atoms with Crippen molar-refractivity contribution in [2.75, 3.05) is 38.8 Å². The molecule has 0 saturated carbocycles. The average Bonchev–Trinajstić information content (AvgIpc) is 2.71. The number of H-pyrrole nitrogens is 1. The van der Waals surface area contributed by atoms with Crippen molar-refractivity contribution in [3.05, 3.63) is 57.0 Å². The Hall–Kier alpha value is -2.58. The number of aromatic nitrogens is 2. The quantitative estimate of drug-likeness (QED) is 0.509. The zero-order valence-electron chi connectivity index (χ0n) is 19.2. The van der Waals surface area contributed by atoms with Gasteiger partial charge in [0.25, 0.3) is 5.56 Å². The third kappa shape index (κ3) is 4.34. The number of ketones is 1. The molecular formula is C24H30N4O3S. The first-order valence-electron chi connectivity index (χ1n) is 10.8. The number of rotatable bonds is 6. The fourth-order valence-corrected chi connectivity index (χ4v) is 5.47. The van der Waals surface area contributed by atoms with E-state index in [1.165, 1.54) is 11.8 Å². The Morgan fingerprint density at radius 1 is 1.22 bits per heavy atom. The lowest BCUT2D eigenvalue weighted by molar-refractivity contribution is -0.118. The highest BCUT2D eigenvalue weighted by molar-refractivity contribution is 7.99. The summed E-state index contributed by atoms with van der Waals surface area (Å²) in [4.78, 5) is 36.5.